The quantitative estimate of drug-likeness (QED) is 0.835. The Hall–Kier alpha value is -1.62. The Morgan fingerprint density at radius 3 is 2.85 bits per heavy atom. The highest BCUT2D eigenvalue weighted by Crippen LogP contribution is 2.31. The number of halogens is 1. The summed E-state index contributed by atoms with van der Waals surface area (Å²) >= 11 is 5.82. The van der Waals surface area contributed by atoms with Gasteiger partial charge in [0.15, 0.2) is 0 Å². The number of aliphatic carboxylic acids is 1. The third kappa shape index (κ3) is 3.48. The van der Waals surface area contributed by atoms with Gasteiger partial charge in [0, 0.05) is 17.8 Å². The first-order chi connectivity index (χ1) is 9.47. The summed E-state index contributed by atoms with van der Waals surface area (Å²) in [5.41, 5.74) is 1.12. The van der Waals surface area contributed by atoms with Crippen molar-refractivity contribution in [3.05, 3.63) is 28.5 Å². The molecular weight excluding hydrogens is 280 g/mol. The molecule has 0 saturated heterocycles. The molecule has 1 fully saturated rings. The highest BCUT2D eigenvalue weighted by molar-refractivity contribution is 6.29. The smallest absolute Gasteiger partial charge is 0.306 e. The van der Waals surface area contributed by atoms with E-state index in [1.807, 2.05) is 0 Å². The van der Waals surface area contributed by atoms with Gasteiger partial charge >= 0.3 is 5.97 Å². The molecule has 1 heterocycles. The van der Waals surface area contributed by atoms with Crippen LogP contribution in [0.25, 0.3) is 0 Å². The van der Waals surface area contributed by atoms with Crippen LogP contribution in [-0.2, 0) is 4.79 Å². The number of carboxylic acids is 1. The van der Waals surface area contributed by atoms with Crippen LogP contribution in [0.5, 0.6) is 0 Å². The van der Waals surface area contributed by atoms with E-state index in [9.17, 15) is 9.59 Å². The van der Waals surface area contributed by atoms with Gasteiger partial charge in [0.2, 0.25) is 0 Å². The summed E-state index contributed by atoms with van der Waals surface area (Å²) in [6.07, 6.45) is 2.43. The molecular formula is C14H17ClN2O3. The standard InChI is InChI=1S/C14H17ClN2O3/c1-8-5-10(6-12(15)17-8)13(18)16-7-9-3-2-4-11(9)14(19)20/h5-6,9,11H,2-4,7H2,1H3,(H,16,18)(H,19,20). The van der Waals surface area contributed by atoms with Crippen molar-refractivity contribution in [3.63, 3.8) is 0 Å². The number of carbonyl (C=O) groups excluding carboxylic acids is 1. The summed E-state index contributed by atoms with van der Waals surface area (Å²) in [6, 6.07) is 3.16. The van der Waals surface area contributed by atoms with Crippen molar-refractivity contribution in [2.75, 3.05) is 6.54 Å². The van der Waals surface area contributed by atoms with Gasteiger partial charge in [-0.05, 0) is 37.8 Å². The molecule has 0 bridgehead atoms. The number of nitrogens with one attached hydrogen (secondary N) is 1. The maximum atomic E-state index is 12.0. The fourth-order valence-corrected chi connectivity index (χ4v) is 2.94. The lowest BCUT2D eigenvalue weighted by atomic mass is 9.96. The topological polar surface area (TPSA) is 79.3 Å². The molecule has 2 unspecified atom stereocenters. The second kappa shape index (κ2) is 6.22. The normalized spacial score (nSPS) is 21.7. The minimum atomic E-state index is -0.774. The SMILES string of the molecule is Cc1cc(C(=O)NCC2CCCC2C(=O)O)cc(Cl)n1. The molecule has 2 N–H and O–H groups in total. The second-order valence-corrected chi connectivity index (χ2v) is 5.55. The van der Waals surface area contributed by atoms with E-state index in [4.69, 9.17) is 16.7 Å². The lowest BCUT2D eigenvalue weighted by molar-refractivity contribution is -0.142. The van der Waals surface area contributed by atoms with Crippen molar-refractivity contribution < 1.29 is 14.7 Å². The molecule has 6 heteroatoms. The molecule has 2 atom stereocenters. The predicted octanol–water partition coefficient (Wildman–Crippen LogP) is 2.27. The summed E-state index contributed by atoms with van der Waals surface area (Å²) in [5.74, 6) is -1.36. The van der Waals surface area contributed by atoms with Crippen LogP contribution in [-0.4, -0.2) is 28.5 Å². The maximum Gasteiger partial charge on any atom is 0.306 e. The first-order valence-corrected chi connectivity index (χ1v) is 7.00. The number of nitrogens with zero attached hydrogens (tertiary/aromatic N) is 1. The second-order valence-electron chi connectivity index (χ2n) is 5.17. The average Bonchev–Trinajstić information content (AvgIpc) is 2.83. The third-order valence-corrected chi connectivity index (χ3v) is 3.88. The molecule has 5 nitrogen and oxygen atoms in total. The molecule has 20 heavy (non-hydrogen) atoms. The molecule has 0 aliphatic heterocycles. The van der Waals surface area contributed by atoms with Crippen molar-refractivity contribution in [1.82, 2.24) is 10.3 Å². The van der Waals surface area contributed by atoms with Crippen LogP contribution < -0.4 is 5.32 Å². The lowest BCUT2D eigenvalue weighted by Gasteiger charge is -2.16. The molecule has 0 radical (unpaired) electrons. The van der Waals surface area contributed by atoms with Crippen molar-refractivity contribution in [2.24, 2.45) is 11.8 Å². The Morgan fingerprint density at radius 2 is 2.20 bits per heavy atom. The minimum Gasteiger partial charge on any atom is -0.481 e. The Balaban J connectivity index is 1.96. The third-order valence-electron chi connectivity index (χ3n) is 3.69. The number of hydrogen-bond acceptors (Lipinski definition) is 3. The van der Waals surface area contributed by atoms with Gasteiger partial charge in [-0.2, -0.15) is 0 Å². The Labute approximate surface area is 122 Å². The fraction of sp³-hybridized carbons (Fsp3) is 0.500. The zero-order chi connectivity index (χ0) is 14.7. The number of hydrogen-bond donors (Lipinski definition) is 2. The first-order valence-electron chi connectivity index (χ1n) is 6.62. The van der Waals surface area contributed by atoms with Gasteiger partial charge in [0.05, 0.1) is 5.92 Å². The Bertz CT molecular complexity index is 513. The van der Waals surface area contributed by atoms with Crippen LogP contribution in [0, 0.1) is 18.8 Å². The van der Waals surface area contributed by atoms with Gasteiger partial charge in [0.1, 0.15) is 5.15 Å². The van der Waals surface area contributed by atoms with Crippen molar-refractivity contribution in [1.29, 1.82) is 0 Å². The molecule has 1 aromatic rings. The molecule has 1 amide bonds. The molecule has 2 rings (SSSR count). The van der Waals surface area contributed by atoms with Gasteiger partial charge in [-0.25, -0.2) is 4.98 Å². The van der Waals surface area contributed by atoms with Gasteiger partial charge < -0.3 is 10.4 Å². The van der Waals surface area contributed by atoms with Gasteiger partial charge in [0.25, 0.3) is 5.91 Å². The van der Waals surface area contributed by atoms with Crippen LogP contribution >= 0.6 is 11.6 Å². The average molecular weight is 297 g/mol. The molecule has 108 valence electrons. The first kappa shape index (κ1) is 14.8. The summed E-state index contributed by atoms with van der Waals surface area (Å²) in [4.78, 5) is 27.1. The molecule has 1 aromatic heterocycles. The van der Waals surface area contributed by atoms with Gasteiger partial charge in [-0.1, -0.05) is 18.0 Å². The number of aryl methyl sites for hydroxylation is 1. The lowest BCUT2D eigenvalue weighted by Crippen LogP contribution is -2.33. The van der Waals surface area contributed by atoms with Crippen molar-refractivity contribution in [2.45, 2.75) is 26.2 Å². The number of pyridine rings is 1. The van der Waals surface area contributed by atoms with E-state index in [0.29, 0.717) is 24.2 Å². The van der Waals surface area contributed by atoms with Crippen LogP contribution in [0.1, 0.15) is 35.3 Å². The van der Waals surface area contributed by atoms with E-state index in [1.165, 1.54) is 6.07 Å². The number of carboxylic acid groups (broad SMARTS) is 1. The minimum absolute atomic E-state index is 0.00913. The fourth-order valence-electron chi connectivity index (χ4n) is 2.69. The molecule has 1 saturated carbocycles. The largest absolute Gasteiger partial charge is 0.481 e. The van der Waals surface area contributed by atoms with Crippen molar-refractivity contribution >= 4 is 23.5 Å². The highest BCUT2D eigenvalue weighted by Gasteiger charge is 2.32. The monoisotopic (exact) mass is 296 g/mol. The van der Waals surface area contributed by atoms with E-state index >= 15 is 0 Å². The Kier molecular flexibility index (Phi) is 4.60. The number of carbonyl (C=O) groups is 2. The summed E-state index contributed by atoms with van der Waals surface area (Å²) < 4.78 is 0. The molecule has 1 aliphatic carbocycles. The molecule has 1 aliphatic rings. The van der Waals surface area contributed by atoms with E-state index in [0.717, 1.165) is 12.8 Å². The van der Waals surface area contributed by atoms with Crippen LogP contribution in [0.3, 0.4) is 0 Å². The van der Waals surface area contributed by atoms with E-state index in [1.54, 1.807) is 13.0 Å². The van der Waals surface area contributed by atoms with E-state index in [2.05, 4.69) is 10.3 Å². The zero-order valence-electron chi connectivity index (χ0n) is 11.2. The molecule has 0 aromatic carbocycles. The van der Waals surface area contributed by atoms with Gasteiger partial charge in [-0.3, -0.25) is 9.59 Å². The highest BCUT2D eigenvalue weighted by atomic mass is 35.5. The summed E-state index contributed by atoms with van der Waals surface area (Å²) in [5, 5.41) is 12.2. The van der Waals surface area contributed by atoms with E-state index in [-0.39, 0.29) is 22.9 Å². The Morgan fingerprint density at radius 1 is 1.45 bits per heavy atom. The number of rotatable bonds is 4. The molecule has 0 spiro atoms. The predicted molar refractivity (Wildman–Crippen MR) is 74.8 cm³/mol. The summed E-state index contributed by atoms with van der Waals surface area (Å²) in [7, 11) is 0. The van der Waals surface area contributed by atoms with Crippen LogP contribution in [0.4, 0.5) is 0 Å². The van der Waals surface area contributed by atoms with Crippen LogP contribution in [0.2, 0.25) is 5.15 Å². The van der Waals surface area contributed by atoms with Gasteiger partial charge in [-0.15, -0.1) is 0 Å². The van der Waals surface area contributed by atoms with E-state index < -0.39 is 5.97 Å². The van der Waals surface area contributed by atoms with Crippen molar-refractivity contribution in [3.8, 4) is 0 Å². The number of aromatic nitrogens is 1. The van der Waals surface area contributed by atoms with Crippen LogP contribution in [0.15, 0.2) is 12.1 Å². The zero-order valence-corrected chi connectivity index (χ0v) is 12.0. The number of amides is 1. The maximum absolute atomic E-state index is 12.0. The summed E-state index contributed by atoms with van der Waals surface area (Å²) in [6.45, 7) is 2.15.